The Bertz CT molecular complexity index is 361. The van der Waals surface area contributed by atoms with E-state index >= 15 is 0 Å². The van der Waals surface area contributed by atoms with Crippen LogP contribution in [0.4, 0.5) is 0 Å². The van der Waals surface area contributed by atoms with E-state index in [2.05, 4.69) is 28.3 Å². The van der Waals surface area contributed by atoms with E-state index in [1.165, 1.54) is 38.5 Å². The quantitative estimate of drug-likeness (QED) is 0.324. The largest absolute Gasteiger partial charge is 0.379 e. The summed E-state index contributed by atoms with van der Waals surface area (Å²) < 4.78 is 5.69. The molecule has 0 aliphatic heterocycles. The lowest BCUT2D eigenvalue weighted by molar-refractivity contribution is 0.115. The maximum absolute atomic E-state index is 5.69. The first-order chi connectivity index (χ1) is 10.3. The zero-order chi connectivity index (χ0) is 14.9. The van der Waals surface area contributed by atoms with E-state index in [0.717, 1.165) is 44.6 Å². The van der Waals surface area contributed by atoms with Crippen LogP contribution >= 0.6 is 0 Å². The normalized spacial score (nSPS) is 19.3. The lowest BCUT2D eigenvalue weighted by Crippen LogP contribution is -2.41. The van der Waals surface area contributed by atoms with E-state index in [4.69, 9.17) is 4.74 Å². The second-order valence-electron chi connectivity index (χ2n) is 6.27. The van der Waals surface area contributed by atoms with Crippen molar-refractivity contribution >= 4 is 5.96 Å². The van der Waals surface area contributed by atoms with Crippen LogP contribution in [0.1, 0.15) is 44.9 Å². The van der Waals surface area contributed by atoms with Gasteiger partial charge in [-0.25, -0.2) is 0 Å². The number of nitrogens with zero attached hydrogens (tertiary/aromatic N) is 2. The summed E-state index contributed by atoms with van der Waals surface area (Å²) in [5.74, 6) is 1.82. The second-order valence-corrected chi connectivity index (χ2v) is 6.27. The van der Waals surface area contributed by atoms with E-state index in [1.54, 1.807) is 5.57 Å². The summed E-state index contributed by atoms with van der Waals surface area (Å²) in [5, 5.41) is 3.46. The van der Waals surface area contributed by atoms with E-state index < -0.39 is 0 Å². The third-order valence-corrected chi connectivity index (χ3v) is 4.31. The van der Waals surface area contributed by atoms with Crippen molar-refractivity contribution in [1.82, 2.24) is 10.2 Å². The Morgan fingerprint density at radius 2 is 2.29 bits per heavy atom. The molecule has 0 unspecified atom stereocenters. The number of nitrogens with one attached hydrogen (secondary N) is 1. The third-order valence-electron chi connectivity index (χ3n) is 4.31. The van der Waals surface area contributed by atoms with Crippen LogP contribution in [0.15, 0.2) is 16.6 Å². The number of guanidine groups is 1. The van der Waals surface area contributed by atoms with Crippen molar-refractivity contribution < 1.29 is 4.74 Å². The number of hydrogen-bond acceptors (Lipinski definition) is 2. The number of rotatable bonds is 8. The van der Waals surface area contributed by atoms with Crippen LogP contribution in [0.2, 0.25) is 0 Å². The van der Waals surface area contributed by atoms with E-state index in [9.17, 15) is 0 Å². The smallest absolute Gasteiger partial charge is 0.193 e. The maximum atomic E-state index is 5.69. The molecule has 2 aliphatic rings. The molecule has 2 rings (SSSR count). The number of aliphatic imine (C=N–C) groups is 1. The zero-order valence-corrected chi connectivity index (χ0v) is 13.7. The van der Waals surface area contributed by atoms with E-state index in [1.807, 2.05) is 7.05 Å². The summed E-state index contributed by atoms with van der Waals surface area (Å²) in [4.78, 5) is 6.51. The summed E-state index contributed by atoms with van der Waals surface area (Å²) in [5.41, 5.74) is 1.61. The highest BCUT2D eigenvalue weighted by molar-refractivity contribution is 5.79. The van der Waals surface area contributed by atoms with E-state index in [0.29, 0.717) is 0 Å². The van der Waals surface area contributed by atoms with Gasteiger partial charge in [0.15, 0.2) is 5.96 Å². The van der Waals surface area contributed by atoms with Gasteiger partial charge in [-0.3, -0.25) is 4.99 Å². The molecular formula is C17H31N3O. The molecule has 4 nitrogen and oxygen atoms in total. The van der Waals surface area contributed by atoms with Crippen LogP contribution in [0.3, 0.4) is 0 Å². The van der Waals surface area contributed by atoms with Gasteiger partial charge in [-0.1, -0.05) is 11.6 Å². The van der Waals surface area contributed by atoms with Crippen molar-refractivity contribution in [2.24, 2.45) is 10.9 Å². The molecule has 0 heterocycles. The van der Waals surface area contributed by atoms with Gasteiger partial charge in [-0.2, -0.15) is 0 Å². The lowest BCUT2D eigenvalue weighted by atomic mass is 9.97. The third kappa shape index (κ3) is 6.51. The minimum absolute atomic E-state index is 0.791. The molecule has 2 aliphatic carbocycles. The number of likely N-dealkylation sites (N-methyl/N-ethyl adjacent to an activating group) is 1. The van der Waals surface area contributed by atoms with Crippen LogP contribution in [0.5, 0.6) is 0 Å². The summed E-state index contributed by atoms with van der Waals surface area (Å²) >= 11 is 0. The van der Waals surface area contributed by atoms with Gasteiger partial charge >= 0.3 is 0 Å². The van der Waals surface area contributed by atoms with Crippen molar-refractivity contribution in [2.45, 2.75) is 44.9 Å². The molecule has 1 saturated carbocycles. The Balaban J connectivity index is 1.58. The second kappa shape index (κ2) is 9.08. The monoisotopic (exact) mass is 293 g/mol. The van der Waals surface area contributed by atoms with Crippen LogP contribution in [-0.4, -0.2) is 51.3 Å². The Kier molecular flexibility index (Phi) is 7.07. The summed E-state index contributed by atoms with van der Waals surface area (Å²) in [6, 6.07) is 0. The number of ether oxygens (including phenoxy) is 1. The van der Waals surface area contributed by atoms with Crippen LogP contribution in [-0.2, 0) is 4.74 Å². The average Bonchev–Trinajstić information content (AvgIpc) is 3.33. The first-order valence-electron chi connectivity index (χ1n) is 8.47. The van der Waals surface area contributed by atoms with Crippen molar-refractivity contribution in [1.29, 1.82) is 0 Å². The Hall–Kier alpha value is -1.03. The maximum Gasteiger partial charge on any atom is 0.193 e. The fourth-order valence-electron chi connectivity index (χ4n) is 2.69. The van der Waals surface area contributed by atoms with Gasteiger partial charge in [0.25, 0.3) is 0 Å². The van der Waals surface area contributed by atoms with Crippen molar-refractivity contribution in [3.05, 3.63) is 11.6 Å². The Morgan fingerprint density at radius 1 is 1.43 bits per heavy atom. The van der Waals surface area contributed by atoms with Crippen molar-refractivity contribution in [2.75, 3.05) is 40.4 Å². The van der Waals surface area contributed by atoms with Crippen molar-refractivity contribution in [3.8, 4) is 0 Å². The minimum Gasteiger partial charge on any atom is -0.379 e. The van der Waals surface area contributed by atoms with Gasteiger partial charge in [0, 0.05) is 33.8 Å². The van der Waals surface area contributed by atoms with Gasteiger partial charge in [0.1, 0.15) is 0 Å². The zero-order valence-electron chi connectivity index (χ0n) is 13.7. The average molecular weight is 293 g/mol. The molecule has 0 atom stereocenters. The molecule has 0 spiro atoms. The first kappa shape index (κ1) is 16.3. The molecule has 21 heavy (non-hydrogen) atoms. The van der Waals surface area contributed by atoms with Gasteiger partial charge in [0.05, 0.1) is 6.61 Å². The standard InChI is InChI=1S/C17H31N3O/c1-18-17(19-11-10-15-6-4-3-5-7-15)20(2)12-13-21-14-16-8-9-16/h6,16H,3-5,7-14H2,1-2H3,(H,18,19). The molecule has 4 heteroatoms. The minimum atomic E-state index is 0.791. The molecular weight excluding hydrogens is 262 g/mol. The van der Waals surface area contributed by atoms with Gasteiger partial charge in [0.2, 0.25) is 0 Å². The summed E-state index contributed by atoms with van der Waals surface area (Å²) in [6.07, 6.45) is 11.5. The highest BCUT2D eigenvalue weighted by atomic mass is 16.5. The van der Waals surface area contributed by atoms with E-state index in [-0.39, 0.29) is 0 Å². The molecule has 0 aromatic carbocycles. The van der Waals surface area contributed by atoms with Crippen molar-refractivity contribution in [3.63, 3.8) is 0 Å². The SMILES string of the molecule is CN=C(NCCC1=CCCCC1)N(C)CCOCC1CC1. The fourth-order valence-corrected chi connectivity index (χ4v) is 2.69. The van der Waals surface area contributed by atoms with Crippen LogP contribution in [0, 0.1) is 5.92 Å². The number of hydrogen-bond donors (Lipinski definition) is 1. The fraction of sp³-hybridized carbons (Fsp3) is 0.824. The Labute approximate surface area is 129 Å². The predicted molar refractivity (Wildman–Crippen MR) is 88.7 cm³/mol. The molecule has 0 amide bonds. The molecule has 0 radical (unpaired) electrons. The molecule has 0 aromatic heterocycles. The van der Waals surface area contributed by atoms with Gasteiger partial charge in [-0.05, 0) is 50.9 Å². The molecule has 120 valence electrons. The summed E-state index contributed by atoms with van der Waals surface area (Å²) in [7, 11) is 3.93. The van der Waals surface area contributed by atoms with Crippen LogP contribution < -0.4 is 5.32 Å². The number of allylic oxidation sites excluding steroid dienone is 1. The molecule has 1 fully saturated rings. The lowest BCUT2D eigenvalue weighted by Gasteiger charge is -2.22. The molecule has 0 saturated heterocycles. The highest BCUT2D eigenvalue weighted by Gasteiger charge is 2.21. The predicted octanol–water partition coefficient (Wildman–Crippen LogP) is 2.81. The van der Waals surface area contributed by atoms with Crippen LogP contribution in [0.25, 0.3) is 0 Å². The highest BCUT2D eigenvalue weighted by Crippen LogP contribution is 2.28. The molecule has 0 aromatic rings. The molecule has 1 N–H and O–H groups in total. The van der Waals surface area contributed by atoms with Gasteiger partial charge < -0.3 is 15.0 Å². The van der Waals surface area contributed by atoms with Gasteiger partial charge in [-0.15, -0.1) is 0 Å². The topological polar surface area (TPSA) is 36.9 Å². The first-order valence-corrected chi connectivity index (χ1v) is 8.47. The molecule has 0 bridgehead atoms. The Morgan fingerprint density at radius 3 is 2.95 bits per heavy atom. The summed E-state index contributed by atoms with van der Waals surface area (Å²) in [6.45, 7) is 3.60.